The summed E-state index contributed by atoms with van der Waals surface area (Å²) in [5, 5.41) is 3.00. The molecular formula is C12H24N2O2. The number of hydrogen-bond donors (Lipinski definition) is 2. The van der Waals surface area contributed by atoms with Crippen molar-refractivity contribution >= 4 is 5.91 Å². The summed E-state index contributed by atoms with van der Waals surface area (Å²) in [6.45, 7) is 3.30. The van der Waals surface area contributed by atoms with E-state index in [0.717, 1.165) is 25.9 Å². The Morgan fingerprint density at radius 2 is 2.12 bits per heavy atom. The van der Waals surface area contributed by atoms with Crippen molar-refractivity contribution in [2.24, 2.45) is 5.73 Å². The van der Waals surface area contributed by atoms with E-state index in [2.05, 4.69) is 12.2 Å². The fraction of sp³-hybridized carbons (Fsp3) is 0.917. The summed E-state index contributed by atoms with van der Waals surface area (Å²) in [6.07, 6.45) is 5.84. The molecule has 1 saturated carbocycles. The Kier molecular flexibility index (Phi) is 6.42. The highest BCUT2D eigenvalue weighted by atomic mass is 16.5. The summed E-state index contributed by atoms with van der Waals surface area (Å²) in [5.74, 6) is 0.0680. The van der Waals surface area contributed by atoms with Crippen molar-refractivity contribution < 1.29 is 9.53 Å². The average molecular weight is 228 g/mol. The van der Waals surface area contributed by atoms with Gasteiger partial charge in [-0.3, -0.25) is 4.79 Å². The number of nitrogens with one attached hydrogen (secondary N) is 1. The second-order valence-corrected chi connectivity index (χ2v) is 4.48. The van der Waals surface area contributed by atoms with E-state index in [1.165, 1.54) is 12.8 Å². The zero-order chi connectivity index (χ0) is 11.8. The smallest absolute Gasteiger partial charge is 0.222 e. The number of nitrogens with two attached hydrogens (primary N) is 1. The second-order valence-electron chi connectivity index (χ2n) is 4.48. The molecule has 1 amide bonds. The highest BCUT2D eigenvalue weighted by Gasteiger charge is 2.22. The van der Waals surface area contributed by atoms with Crippen LogP contribution in [0.5, 0.6) is 0 Å². The number of carbonyl (C=O) groups excluding carboxylic acids is 1. The van der Waals surface area contributed by atoms with E-state index in [4.69, 9.17) is 10.5 Å². The van der Waals surface area contributed by atoms with E-state index in [1.807, 2.05) is 0 Å². The Balaban J connectivity index is 2.12. The van der Waals surface area contributed by atoms with Gasteiger partial charge < -0.3 is 15.8 Å². The molecule has 0 unspecified atom stereocenters. The standard InChI is InChI=1S/C12H24N2O2/c1-2-8-16-9-7-12(15)14-11-6-4-3-5-10(11)13/h10-11H,2-9,13H2,1H3,(H,14,15)/t10-,11-/m1/s1. The Morgan fingerprint density at radius 1 is 1.38 bits per heavy atom. The lowest BCUT2D eigenvalue weighted by Gasteiger charge is -2.29. The van der Waals surface area contributed by atoms with Crippen LogP contribution in [0.3, 0.4) is 0 Å². The summed E-state index contributed by atoms with van der Waals surface area (Å²) in [7, 11) is 0. The largest absolute Gasteiger partial charge is 0.381 e. The van der Waals surface area contributed by atoms with Crippen LogP contribution in [0.4, 0.5) is 0 Å². The summed E-state index contributed by atoms with van der Waals surface area (Å²) in [4.78, 5) is 11.6. The first-order valence-corrected chi connectivity index (χ1v) is 6.36. The molecule has 0 saturated heterocycles. The maximum absolute atomic E-state index is 11.6. The van der Waals surface area contributed by atoms with Crippen LogP contribution < -0.4 is 11.1 Å². The summed E-state index contributed by atoms with van der Waals surface area (Å²) < 4.78 is 5.28. The first-order valence-electron chi connectivity index (χ1n) is 6.36. The monoisotopic (exact) mass is 228 g/mol. The van der Waals surface area contributed by atoms with Crippen molar-refractivity contribution in [2.45, 2.75) is 57.5 Å². The van der Waals surface area contributed by atoms with E-state index >= 15 is 0 Å². The molecule has 0 aromatic carbocycles. The van der Waals surface area contributed by atoms with Crippen LogP contribution in [0.2, 0.25) is 0 Å². The number of rotatable bonds is 6. The molecule has 0 bridgehead atoms. The molecular weight excluding hydrogens is 204 g/mol. The molecule has 3 N–H and O–H groups in total. The summed E-state index contributed by atoms with van der Waals surface area (Å²) in [5.41, 5.74) is 5.96. The van der Waals surface area contributed by atoms with Gasteiger partial charge >= 0.3 is 0 Å². The highest BCUT2D eigenvalue weighted by molar-refractivity contribution is 5.76. The fourth-order valence-corrected chi connectivity index (χ4v) is 2.03. The quantitative estimate of drug-likeness (QED) is 0.671. The van der Waals surface area contributed by atoms with Gasteiger partial charge in [0, 0.05) is 25.1 Å². The molecule has 1 rings (SSSR count). The van der Waals surface area contributed by atoms with Gasteiger partial charge in [-0.2, -0.15) is 0 Å². The molecule has 4 heteroatoms. The fourth-order valence-electron chi connectivity index (χ4n) is 2.03. The minimum atomic E-state index is 0.0680. The molecule has 0 spiro atoms. The van der Waals surface area contributed by atoms with E-state index in [1.54, 1.807) is 0 Å². The van der Waals surface area contributed by atoms with Gasteiger partial charge in [-0.1, -0.05) is 19.8 Å². The highest BCUT2D eigenvalue weighted by Crippen LogP contribution is 2.16. The molecule has 1 fully saturated rings. The molecule has 1 aliphatic rings. The van der Waals surface area contributed by atoms with Gasteiger partial charge in [0.2, 0.25) is 5.91 Å². The van der Waals surface area contributed by atoms with Crippen molar-refractivity contribution in [1.29, 1.82) is 0 Å². The van der Waals surface area contributed by atoms with Gasteiger partial charge in [0.05, 0.1) is 6.61 Å². The Bertz CT molecular complexity index is 209. The normalized spacial score (nSPS) is 25.4. The third kappa shape index (κ3) is 4.94. The number of hydrogen-bond acceptors (Lipinski definition) is 3. The van der Waals surface area contributed by atoms with Gasteiger partial charge in [-0.15, -0.1) is 0 Å². The zero-order valence-corrected chi connectivity index (χ0v) is 10.2. The molecule has 0 radical (unpaired) electrons. The third-order valence-electron chi connectivity index (χ3n) is 2.99. The Labute approximate surface area is 97.9 Å². The van der Waals surface area contributed by atoms with Gasteiger partial charge in [0.15, 0.2) is 0 Å². The van der Waals surface area contributed by atoms with E-state index in [-0.39, 0.29) is 18.0 Å². The maximum atomic E-state index is 11.6. The van der Waals surface area contributed by atoms with Crippen molar-refractivity contribution in [3.05, 3.63) is 0 Å². The predicted octanol–water partition coefficient (Wildman–Crippen LogP) is 1.19. The van der Waals surface area contributed by atoms with Crippen LogP contribution in [-0.4, -0.2) is 31.2 Å². The molecule has 0 aliphatic heterocycles. The van der Waals surface area contributed by atoms with Gasteiger partial charge in [-0.05, 0) is 19.3 Å². The molecule has 0 aromatic heterocycles. The minimum Gasteiger partial charge on any atom is -0.381 e. The second kappa shape index (κ2) is 7.63. The number of amides is 1. The van der Waals surface area contributed by atoms with Crippen molar-refractivity contribution in [2.75, 3.05) is 13.2 Å². The van der Waals surface area contributed by atoms with Gasteiger partial charge in [-0.25, -0.2) is 0 Å². The predicted molar refractivity (Wildman–Crippen MR) is 64.1 cm³/mol. The lowest BCUT2D eigenvalue weighted by molar-refractivity contribution is -0.123. The molecule has 0 heterocycles. The van der Waals surface area contributed by atoms with Crippen LogP contribution in [0.15, 0.2) is 0 Å². The average Bonchev–Trinajstić information content (AvgIpc) is 2.28. The first-order chi connectivity index (χ1) is 7.74. The molecule has 0 aromatic rings. The third-order valence-corrected chi connectivity index (χ3v) is 2.99. The minimum absolute atomic E-state index is 0.0680. The van der Waals surface area contributed by atoms with Gasteiger partial charge in [0.1, 0.15) is 0 Å². The SMILES string of the molecule is CCCOCCC(=O)N[C@@H]1CCCC[C@H]1N. The topological polar surface area (TPSA) is 64.3 Å². The summed E-state index contributed by atoms with van der Waals surface area (Å²) >= 11 is 0. The van der Waals surface area contributed by atoms with Crippen LogP contribution in [0, 0.1) is 0 Å². The number of ether oxygens (including phenoxy) is 1. The molecule has 94 valence electrons. The lowest BCUT2D eigenvalue weighted by Crippen LogP contribution is -2.49. The van der Waals surface area contributed by atoms with Crippen LogP contribution >= 0.6 is 0 Å². The van der Waals surface area contributed by atoms with E-state index < -0.39 is 0 Å². The zero-order valence-electron chi connectivity index (χ0n) is 10.2. The van der Waals surface area contributed by atoms with Crippen molar-refractivity contribution in [3.8, 4) is 0 Å². The van der Waals surface area contributed by atoms with E-state index in [9.17, 15) is 4.79 Å². The maximum Gasteiger partial charge on any atom is 0.222 e. The first kappa shape index (κ1) is 13.5. The van der Waals surface area contributed by atoms with Crippen molar-refractivity contribution in [3.63, 3.8) is 0 Å². The lowest BCUT2D eigenvalue weighted by atomic mass is 9.91. The molecule has 16 heavy (non-hydrogen) atoms. The van der Waals surface area contributed by atoms with Gasteiger partial charge in [0.25, 0.3) is 0 Å². The summed E-state index contributed by atoms with van der Waals surface area (Å²) in [6, 6.07) is 0.307. The Hall–Kier alpha value is -0.610. The van der Waals surface area contributed by atoms with Crippen molar-refractivity contribution in [1.82, 2.24) is 5.32 Å². The molecule has 2 atom stereocenters. The van der Waals surface area contributed by atoms with Crippen LogP contribution in [0.1, 0.15) is 45.4 Å². The Morgan fingerprint density at radius 3 is 2.81 bits per heavy atom. The van der Waals surface area contributed by atoms with Crippen LogP contribution in [0.25, 0.3) is 0 Å². The number of carbonyl (C=O) groups is 1. The molecule has 1 aliphatic carbocycles. The molecule has 4 nitrogen and oxygen atoms in total. The van der Waals surface area contributed by atoms with Crippen LogP contribution in [-0.2, 0) is 9.53 Å². The van der Waals surface area contributed by atoms with E-state index in [0.29, 0.717) is 13.0 Å².